The van der Waals surface area contributed by atoms with Gasteiger partial charge in [0.15, 0.2) is 0 Å². The first-order chi connectivity index (χ1) is 13.1. The minimum Gasteiger partial charge on any atom is -0.481 e. The van der Waals surface area contributed by atoms with Crippen molar-refractivity contribution in [2.24, 2.45) is 11.8 Å². The third-order valence-electron chi connectivity index (χ3n) is 3.70. The van der Waals surface area contributed by atoms with E-state index in [9.17, 15) is 24.0 Å². The number of para-hydroxylation sites is 1. The van der Waals surface area contributed by atoms with Crippen molar-refractivity contribution in [2.75, 3.05) is 11.5 Å². The monoisotopic (exact) mass is 426 g/mol. The van der Waals surface area contributed by atoms with Gasteiger partial charge in [0, 0.05) is 24.3 Å². The number of esters is 1. The molecule has 1 aromatic rings. The van der Waals surface area contributed by atoms with Gasteiger partial charge in [0.1, 0.15) is 17.3 Å². The van der Waals surface area contributed by atoms with Crippen LogP contribution < -0.4 is 4.74 Å². The molecular formula is C19H22O7S2. The van der Waals surface area contributed by atoms with E-state index in [4.69, 9.17) is 9.84 Å². The molecule has 7 nitrogen and oxygen atoms in total. The van der Waals surface area contributed by atoms with E-state index in [1.165, 1.54) is 26.0 Å². The molecule has 0 bridgehead atoms. The van der Waals surface area contributed by atoms with Crippen LogP contribution in [0.4, 0.5) is 0 Å². The van der Waals surface area contributed by atoms with Crippen LogP contribution >= 0.6 is 24.4 Å². The maximum Gasteiger partial charge on any atom is 0.315 e. The Labute approximate surface area is 172 Å². The van der Waals surface area contributed by atoms with Crippen molar-refractivity contribution in [3.63, 3.8) is 0 Å². The van der Waals surface area contributed by atoms with Crippen molar-refractivity contribution in [2.45, 2.75) is 26.7 Å². The lowest BCUT2D eigenvalue weighted by Gasteiger charge is -2.14. The van der Waals surface area contributed by atoms with E-state index in [1.807, 2.05) is 0 Å². The molecule has 0 amide bonds. The van der Waals surface area contributed by atoms with Crippen LogP contribution in [0.15, 0.2) is 24.3 Å². The Hall–Kier alpha value is -2.13. The minimum absolute atomic E-state index is 0.0153. The quantitative estimate of drug-likeness (QED) is 0.315. The van der Waals surface area contributed by atoms with Gasteiger partial charge < -0.3 is 19.4 Å². The van der Waals surface area contributed by atoms with Crippen LogP contribution in [-0.2, 0) is 19.2 Å². The van der Waals surface area contributed by atoms with Crippen LogP contribution in [0.3, 0.4) is 0 Å². The number of carbonyl (C=O) groups excluding carboxylic acids is 4. The molecule has 0 aliphatic rings. The number of Topliss-reactive ketones (excluding diaryl/α,β-unsaturated/α-hetero) is 2. The van der Waals surface area contributed by atoms with Crippen molar-refractivity contribution in [3.05, 3.63) is 29.8 Å². The van der Waals surface area contributed by atoms with Gasteiger partial charge in [0.25, 0.3) is 0 Å². The van der Waals surface area contributed by atoms with Gasteiger partial charge in [-0.2, -0.15) is 12.6 Å². The summed E-state index contributed by atoms with van der Waals surface area (Å²) in [6.45, 7) is 2.65. The molecule has 0 saturated heterocycles. The zero-order chi connectivity index (χ0) is 21.3. The van der Waals surface area contributed by atoms with Crippen LogP contribution in [0.1, 0.15) is 37.0 Å². The largest absolute Gasteiger partial charge is 0.481 e. The van der Waals surface area contributed by atoms with Gasteiger partial charge >= 0.3 is 11.9 Å². The minimum atomic E-state index is -1.16. The molecule has 0 radical (unpaired) electrons. The van der Waals surface area contributed by atoms with Gasteiger partial charge in [-0.05, 0) is 26.0 Å². The Morgan fingerprint density at radius 2 is 1.61 bits per heavy atom. The average Bonchev–Trinajstić information content (AvgIpc) is 2.62. The van der Waals surface area contributed by atoms with E-state index in [-0.39, 0.29) is 47.2 Å². The second-order valence-corrected chi connectivity index (χ2v) is 7.60. The number of hydrogen-bond donors (Lipinski definition) is 2. The Morgan fingerprint density at radius 1 is 1.04 bits per heavy atom. The van der Waals surface area contributed by atoms with E-state index >= 15 is 0 Å². The highest BCUT2D eigenvalue weighted by molar-refractivity contribution is 8.14. The molecule has 0 saturated carbocycles. The fourth-order valence-electron chi connectivity index (χ4n) is 2.30. The van der Waals surface area contributed by atoms with Crippen LogP contribution in [0.5, 0.6) is 5.75 Å². The summed E-state index contributed by atoms with van der Waals surface area (Å²) in [5, 5.41) is 8.68. The lowest BCUT2D eigenvalue weighted by molar-refractivity contribution is -0.142. The van der Waals surface area contributed by atoms with E-state index in [0.717, 1.165) is 11.8 Å². The fourth-order valence-corrected chi connectivity index (χ4v) is 3.52. The number of thioether (sulfide) groups is 1. The lowest BCUT2D eigenvalue weighted by atomic mass is 10.1. The number of rotatable bonds is 11. The maximum atomic E-state index is 12.5. The maximum absolute atomic E-state index is 12.5. The van der Waals surface area contributed by atoms with Gasteiger partial charge in [0.2, 0.25) is 5.12 Å². The predicted molar refractivity (Wildman–Crippen MR) is 108 cm³/mol. The molecule has 0 aromatic heterocycles. The van der Waals surface area contributed by atoms with Crippen LogP contribution in [-0.4, -0.2) is 45.2 Å². The summed E-state index contributed by atoms with van der Waals surface area (Å²) in [7, 11) is 0. The molecule has 152 valence electrons. The molecule has 28 heavy (non-hydrogen) atoms. The first-order valence-electron chi connectivity index (χ1n) is 8.46. The molecule has 9 heteroatoms. The number of carbonyl (C=O) groups is 5. The number of benzene rings is 1. The van der Waals surface area contributed by atoms with Crippen molar-refractivity contribution in [1.29, 1.82) is 0 Å². The molecule has 1 rings (SSSR count). The Bertz CT molecular complexity index is 760. The standard InChI is InChI=1S/C19H22O7S2/c1-11(20)7-13(9-27)18(24)26-16-6-4-3-5-15(16)19(25)28-10-14(17(22)23)8-12(2)21/h3-6,13-14,27H,7-10H2,1-2H3,(H,22,23). The Morgan fingerprint density at radius 3 is 2.14 bits per heavy atom. The predicted octanol–water partition coefficient (Wildman–Crippen LogP) is 2.67. The van der Waals surface area contributed by atoms with E-state index in [0.29, 0.717) is 0 Å². The first kappa shape index (κ1) is 23.9. The highest BCUT2D eigenvalue weighted by Crippen LogP contribution is 2.26. The van der Waals surface area contributed by atoms with Crippen molar-refractivity contribution < 1.29 is 33.8 Å². The molecule has 1 aromatic carbocycles. The molecular weight excluding hydrogens is 404 g/mol. The number of hydrogen-bond acceptors (Lipinski definition) is 8. The third-order valence-corrected chi connectivity index (χ3v) is 5.20. The van der Waals surface area contributed by atoms with Crippen LogP contribution in [0.25, 0.3) is 0 Å². The molecule has 2 unspecified atom stereocenters. The summed E-state index contributed by atoms with van der Waals surface area (Å²) in [6.07, 6.45) is -0.181. The highest BCUT2D eigenvalue weighted by atomic mass is 32.2. The summed E-state index contributed by atoms with van der Waals surface area (Å²) in [4.78, 5) is 58.4. The van der Waals surface area contributed by atoms with E-state index in [1.54, 1.807) is 12.1 Å². The van der Waals surface area contributed by atoms with Crippen molar-refractivity contribution in [3.8, 4) is 5.75 Å². The van der Waals surface area contributed by atoms with Crippen LogP contribution in [0, 0.1) is 11.8 Å². The van der Waals surface area contributed by atoms with Crippen LogP contribution in [0.2, 0.25) is 0 Å². The second-order valence-electron chi connectivity index (χ2n) is 6.24. The highest BCUT2D eigenvalue weighted by Gasteiger charge is 2.25. The number of carboxylic acids is 1. The summed E-state index contributed by atoms with van der Waals surface area (Å²) < 4.78 is 5.29. The normalized spacial score (nSPS) is 12.7. The van der Waals surface area contributed by atoms with Gasteiger partial charge in [-0.1, -0.05) is 23.9 Å². The van der Waals surface area contributed by atoms with Gasteiger partial charge in [-0.15, -0.1) is 0 Å². The molecule has 0 aliphatic carbocycles. The fraction of sp³-hybridized carbons (Fsp3) is 0.421. The average molecular weight is 427 g/mol. The summed E-state index contributed by atoms with van der Waals surface area (Å²) >= 11 is 4.80. The Kier molecular flexibility index (Phi) is 9.95. The van der Waals surface area contributed by atoms with Gasteiger partial charge in [0.05, 0.1) is 17.4 Å². The zero-order valence-corrected chi connectivity index (χ0v) is 17.3. The number of ether oxygens (including phenoxy) is 1. The molecule has 0 spiro atoms. The summed E-state index contributed by atoms with van der Waals surface area (Å²) in [5.74, 6) is -3.94. The van der Waals surface area contributed by atoms with Gasteiger partial charge in [-0.3, -0.25) is 14.4 Å². The SMILES string of the molecule is CC(=O)CC(CSC(=O)c1ccccc1OC(=O)C(CS)CC(C)=O)C(=O)O. The first-order valence-corrected chi connectivity index (χ1v) is 10.1. The Balaban J connectivity index is 2.88. The zero-order valence-electron chi connectivity index (χ0n) is 15.5. The topological polar surface area (TPSA) is 115 Å². The molecule has 0 aliphatic heterocycles. The van der Waals surface area contributed by atoms with E-state index < -0.39 is 28.9 Å². The number of ketones is 2. The van der Waals surface area contributed by atoms with Gasteiger partial charge in [-0.25, -0.2) is 0 Å². The summed E-state index contributed by atoms with van der Waals surface area (Å²) in [5.41, 5.74) is 0.105. The third kappa shape index (κ3) is 7.85. The molecule has 0 fully saturated rings. The molecule has 0 heterocycles. The number of aliphatic carboxylic acids is 1. The number of thiol groups is 1. The summed E-state index contributed by atoms with van der Waals surface area (Å²) in [6, 6.07) is 6.07. The van der Waals surface area contributed by atoms with Crippen molar-refractivity contribution in [1.82, 2.24) is 0 Å². The molecule has 2 atom stereocenters. The lowest BCUT2D eigenvalue weighted by Crippen LogP contribution is -2.25. The van der Waals surface area contributed by atoms with Crippen molar-refractivity contribution >= 4 is 53.0 Å². The second kappa shape index (κ2) is 11.7. The molecule has 1 N–H and O–H groups in total. The van der Waals surface area contributed by atoms with E-state index in [2.05, 4.69) is 12.6 Å². The smallest absolute Gasteiger partial charge is 0.315 e. The number of carboxylic acid groups (broad SMARTS) is 1.